The Balaban J connectivity index is 1.53. The molecule has 4 aliphatic carbocycles. The second-order valence-electron chi connectivity index (χ2n) is 12.9. The van der Waals surface area contributed by atoms with Crippen molar-refractivity contribution >= 4 is 0 Å². The summed E-state index contributed by atoms with van der Waals surface area (Å²) in [5, 5.41) is 0. The summed E-state index contributed by atoms with van der Waals surface area (Å²) in [7, 11) is 0. The van der Waals surface area contributed by atoms with Crippen LogP contribution in [0.15, 0.2) is 11.6 Å². The monoisotopic (exact) mass is 399 g/mol. The number of rotatable bonds is 5. The predicted molar refractivity (Wildman–Crippen MR) is 126 cm³/mol. The summed E-state index contributed by atoms with van der Waals surface area (Å²) in [5.74, 6) is 6.03. The van der Waals surface area contributed by atoms with Crippen LogP contribution in [0.4, 0.5) is 0 Å². The second kappa shape index (κ2) is 7.99. The maximum Gasteiger partial charge on any atom is 0.00750 e. The molecule has 3 fully saturated rings. The van der Waals surface area contributed by atoms with Crippen molar-refractivity contribution in [1.82, 2.24) is 0 Å². The van der Waals surface area contributed by atoms with Gasteiger partial charge >= 0.3 is 0 Å². The van der Waals surface area contributed by atoms with E-state index in [2.05, 4.69) is 47.6 Å². The number of hydrogen-bond donors (Lipinski definition) is 1. The van der Waals surface area contributed by atoms with E-state index in [9.17, 15) is 0 Å². The topological polar surface area (TPSA) is 26.0 Å². The molecule has 0 radical (unpaired) electrons. The maximum atomic E-state index is 6.95. The lowest BCUT2D eigenvalue weighted by Crippen LogP contribution is -2.52. The first-order valence-corrected chi connectivity index (χ1v) is 13.1. The Morgan fingerprint density at radius 2 is 1.83 bits per heavy atom. The van der Waals surface area contributed by atoms with E-state index >= 15 is 0 Å². The number of allylic oxidation sites excluding steroid dienone is 2. The second-order valence-corrected chi connectivity index (χ2v) is 12.9. The minimum absolute atomic E-state index is 0.413. The molecule has 0 aromatic rings. The normalized spacial score (nSPS) is 47.9. The van der Waals surface area contributed by atoms with Crippen molar-refractivity contribution in [2.24, 2.45) is 58.0 Å². The van der Waals surface area contributed by atoms with Crippen LogP contribution in [0.3, 0.4) is 0 Å². The van der Waals surface area contributed by atoms with Gasteiger partial charge in [-0.05, 0) is 104 Å². The molecule has 4 aliphatic rings. The molecule has 0 amide bonds. The highest BCUT2D eigenvalue weighted by molar-refractivity contribution is 5.25. The molecule has 1 heteroatoms. The highest BCUT2D eigenvalue weighted by Crippen LogP contribution is 2.68. The third kappa shape index (κ3) is 3.66. The highest BCUT2D eigenvalue weighted by atomic mass is 14.7. The Labute approximate surface area is 181 Å². The third-order valence-corrected chi connectivity index (χ3v) is 10.6. The molecule has 0 aliphatic heterocycles. The molecule has 0 aromatic heterocycles. The van der Waals surface area contributed by atoms with Gasteiger partial charge in [0.2, 0.25) is 0 Å². The van der Waals surface area contributed by atoms with Gasteiger partial charge in [0, 0.05) is 6.04 Å². The van der Waals surface area contributed by atoms with Crippen molar-refractivity contribution in [3.05, 3.63) is 11.6 Å². The highest BCUT2D eigenvalue weighted by Gasteiger charge is 2.60. The SMILES string of the molecule is CC(C)CCCC(N)C1C(C)CC2C3CC=C4CC(C)CCC4(C)C3CCC21C. The zero-order chi connectivity index (χ0) is 21.0. The first-order valence-electron chi connectivity index (χ1n) is 13.1. The molecule has 2 N–H and O–H groups in total. The van der Waals surface area contributed by atoms with Crippen LogP contribution in [0, 0.1) is 52.3 Å². The van der Waals surface area contributed by atoms with Crippen molar-refractivity contribution < 1.29 is 0 Å². The van der Waals surface area contributed by atoms with Crippen LogP contribution in [-0.4, -0.2) is 6.04 Å². The van der Waals surface area contributed by atoms with E-state index in [1.165, 1.54) is 64.2 Å². The van der Waals surface area contributed by atoms with Crippen LogP contribution >= 0.6 is 0 Å². The van der Waals surface area contributed by atoms with Crippen LogP contribution < -0.4 is 5.73 Å². The predicted octanol–water partition coefficient (Wildman–Crippen LogP) is 7.60. The molecule has 0 aromatic carbocycles. The fraction of sp³-hybridized carbons (Fsp3) is 0.929. The third-order valence-electron chi connectivity index (χ3n) is 10.6. The molecule has 0 spiro atoms. The summed E-state index contributed by atoms with van der Waals surface area (Å²) in [6.45, 7) is 15.0. The molecule has 0 bridgehead atoms. The van der Waals surface area contributed by atoms with Gasteiger partial charge in [0.1, 0.15) is 0 Å². The fourth-order valence-electron chi connectivity index (χ4n) is 9.10. The molecular formula is C28H49N. The minimum Gasteiger partial charge on any atom is -0.327 e. The van der Waals surface area contributed by atoms with E-state index in [-0.39, 0.29) is 0 Å². The van der Waals surface area contributed by atoms with Crippen LogP contribution in [0.25, 0.3) is 0 Å². The largest absolute Gasteiger partial charge is 0.327 e. The summed E-state index contributed by atoms with van der Waals surface area (Å²) in [5.41, 5.74) is 9.79. The summed E-state index contributed by atoms with van der Waals surface area (Å²) in [4.78, 5) is 0. The quantitative estimate of drug-likeness (QED) is 0.473. The first-order chi connectivity index (χ1) is 13.7. The standard InChI is InChI=1S/C28H49N/c1-18(2)8-7-9-25(29)26-20(4)17-24-22-11-10-21-16-19(3)12-14-27(21,5)23(22)13-15-28(24,26)6/h10,18-20,22-26H,7-9,11-17,29H2,1-6H3. The van der Waals surface area contributed by atoms with Crippen molar-refractivity contribution in [3.8, 4) is 0 Å². The van der Waals surface area contributed by atoms with Crippen LogP contribution in [-0.2, 0) is 0 Å². The van der Waals surface area contributed by atoms with Crippen LogP contribution in [0.1, 0.15) is 106 Å². The smallest absolute Gasteiger partial charge is 0.00750 e. The van der Waals surface area contributed by atoms with Gasteiger partial charge in [-0.2, -0.15) is 0 Å². The van der Waals surface area contributed by atoms with E-state index in [0.29, 0.717) is 16.9 Å². The van der Waals surface area contributed by atoms with Gasteiger partial charge in [0.15, 0.2) is 0 Å². The van der Waals surface area contributed by atoms with E-state index in [4.69, 9.17) is 5.73 Å². The van der Waals surface area contributed by atoms with Gasteiger partial charge in [-0.15, -0.1) is 0 Å². The number of fused-ring (bicyclic) bond motifs is 5. The zero-order valence-electron chi connectivity index (χ0n) is 20.3. The van der Waals surface area contributed by atoms with Crippen molar-refractivity contribution in [1.29, 1.82) is 0 Å². The Morgan fingerprint density at radius 3 is 2.55 bits per heavy atom. The number of hydrogen-bond acceptors (Lipinski definition) is 1. The molecule has 1 nitrogen and oxygen atoms in total. The van der Waals surface area contributed by atoms with E-state index in [0.717, 1.165) is 41.4 Å². The van der Waals surface area contributed by atoms with Crippen molar-refractivity contribution in [3.63, 3.8) is 0 Å². The number of nitrogens with two attached hydrogens (primary N) is 1. The lowest BCUT2D eigenvalue weighted by atomic mass is 9.46. The Morgan fingerprint density at radius 1 is 1.07 bits per heavy atom. The molecule has 4 rings (SSSR count). The van der Waals surface area contributed by atoms with Gasteiger partial charge in [-0.25, -0.2) is 0 Å². The molecular weight excluding hydrogens is 350 g/mol. The maximum absolute atomic E-state index is 6.95. The summed E-state index contributed by atoms with van der Waals surface area (Å²) in [6, 6.07) is 0.413. The van der Waals surface area contributed by atoms with Crippen LogP contribution in [0.5, 0.6) is 0 Å². The van der Waals surface area contributed by atoms with E-state index in [1.807, 2.05) is 5.57 Å². The van der Waals surface area contributed by atoms with Gasteiger partial charge < -0.3 is 5.73 Å². The van der Waals surface area contributed by atoms with Gasteiger partial charge in [-0.3, -0.25) is 0 Å². The van der Waals surface area contributed by atoms with E-state index < -0.39 is 0 Å². The minimum atomic E-state index is 0.413. The Hall–Kier alpha value is -0.300. The van der Waals surface area contributed by atoms with E-state index in [1.54, 1.807) is 0 Å². The Kier molecular flexibility index (Phi) is 6.04. The molecule has 3 saturated carbocycles. The van der Waals surface area contributed by atoms with Gasteiger partial charge in [0.25, 0.3) is 0 Å². The van der Waals surface area contributed by atoms with Crippen molar-refractivity contribution in [2.45, 2.75) is 112 Å². The Bertz CT molecular complexity index is 620. The van der Waals surface area contributed by atoms with Crippen LogP contribution in [0.2, 0.25) is 0 Å². The molecule has 0 saturated heterocycles. The van der Waals surface area contributed by atoms with Gasteiger partial charge in [-0.1, -0.05) is 66.0 Å². The fourth-order valence-corrected chi connectivity index (χ4v) is 9.10. The average molecular weight is 400 g/mol. The molecule has 29 heavy (non-hydrogen) atoms. The average Bonchev–Trinajstić information content (AvgIpc) is 2.92. The first kappa shape index (κ1) is 21.9. The van der Waals surface area contributed by atoms with Gasteiger partial charge in [0.05, 0.1) is 0 Å². The zero-order valence-corrected chi connectivity index (χ0v) is 20.3. The molecule has 9 atom stereocenters. The lowest BCUT2D eigenvalue weighted by molar-refractivity contribution is -0.0486. The summed E-state index contributed by atoms with van der Waals surface area (Å²) < 4.78 is 0. The molecule has 0 heterocycles. The molecule has 166 valence electrons. The van der Waals surface area contributed by atoms with Crippen molar-refractivity contribution in [2.75, 3.05) is 0 Å². The lowest BCUT2D eigenvalue weighted by Gasteiger charge is -2.58. The summed E-state index contributed by atoms with van der Waals surface area (Å²) >= 11 is 0. The molecule has 9 unspecified atom stereocenters. The summed E-state index contributed by atoms with van der Waals surface area (Å²) in [6.07, 6.45) is 16.6.